The molecule has 0 aromatic carbocycles. The molecule has 7 nitrogen and oxygen atoms in total. The highest BCUT2D eigenvalue weighted by Gasteiger charge is 2.17. The molecule has 2 aliphatic heterocycles. The van der Waals surface area contributed by atoms with Crippen LogP contribution in [0.2, 0.25) is 0 Å². The van der Waals surface area contributed by atoms with Gasteiger partial charge in [-0.2, -0.15) is 0 Å². The fourth-order valence-electron chi connectivity index (χ4n) is 2.51. The summed E-state index contributed by atoms with van der Waals surface area (Å²) in [4.78, 5) is 17.1. The van der Waals surface area contributed by atoms with Crippen LogP contribution in [-0.4, -0.2) is 73.8 Å². The number of allylic oxidation sites excluding steroid dienone is 2. The lowest BCUT2D eigenvalue weighted by Gasteiger charge is -2.34. The van der Waals surface area contributed by atoms with Gasteiger partial charge in [0.2, 0.25) is 0 Å². The maximum Gasteiger partial charge on any atom is 0.149 e. The lowest BCUT2D eigenvalue weighted by Crippen LogP contribution is -2.47. The maximum absolute atomic E-state index is 8.20. The minimum absolute atomic E-state index is 0.345. The van der Waals surface area contributed by atoms with Crippen molar-refractivity contribution in [1.82, 2.24) is 9.80 Å². The first-order chi connectivity index (χ1) is 11.6. The third-order valence-electron chi connectivity index (χ3n) is 4.01. The Morgan fingerprint density at radius 1 is 1.33 bits per heavy atom. The molecule has 130 valence electrons. The molecule has 0 radical (unpaired) electrons. The molecule has 1 saturated heterocycles. The molecule has 0 unspecified atom stereocenters. The predicted octanol–water partition coefficient (Wildman–Crippen LogP) is 1.29. The van der Waals surface area contributed by atoms with Gasteiger partial charge in [-0.15, -0.1) is 0 Å². The average molecular weight is 329 g/mol. The summed E-state index contributed by atoms with van der Waals surface area (Å²) < 4.78 is 0. The van der Waals surface area contributed by atoms with Gasteiger partial charge in [0, 0.05) is 39.4 Å². The average Bonchev–Trinajstić information content (AvgIpc) is 2.60. The second-order valence-electron chi connectivity index (χ2n) is 5.95. The van der Waals surface area contributed by atoms with Gasteiger partial charge in [0.25, 0.3) is 0 Å². The van der Waals surface area contributed by atoms with Crippen molar-refractivity contribution in [3.05, 3.63) is 23.9 Å². The standard InChI is InChI=1S/C17H27N7/c1-20-17(7-6-14-5-3-4-8-21-14)22-15(18)13-16(19)24-11-9-23(2)10-12-24/h5-8,19H,3-4,9-13H2,1-2H3,(H2,18,20,22)/b7-6+,19-16?. The summed E-state index contributed by atoms with van der Waals surface area (Å²) in [5.74, 6) is 1.47. The van der Waals surface area contributed by atoms with E-state index in [0.717, 1.165) is 44.7 Å². The number of rotatable bonds is 4. The van der Waals surface area contributed by atoms with E-state index in [2.05, 4.69) is 37.9 Å². The molecular weight excluding hydrogens is 302 g/mol. The molecule has 2 heterocycles. The number of hydrogen-bond acceptors (Lipinski definition) is 4. The molecule has 0 saturated carbocycles. The first kappa shape index (κ1) is 18.1. The van der Waals surface area contributed by atoms with Crippen LogP contribution in [0.4, 0.5) is 0 Å². The Balaban J connectivity index is 1.90. The molecular formula is C17H27N7. The van der Waals surface area contributed by atoms with Crippen molar-refractivity contribution in [3.63, 3.8) is 0 Å². The van der Waals surface area contributed by atoms with Crippen LogP contribution >= 0.6 is 0 Å². The lowest BCUT2D eigenvalue weighted by molar-refractivity contribution is 0.213. The third kappa shape index (κ3) is 5.73. The van der Waals surface area contributed by atoms with Gasteiger partial charge in [0.15, 0.2) is 0 Å². The number of nitrogens with one attached hydrogen (secondary N) is 1. The normalized spacial score (nSPS) is 20.6. The molecule has 0 amide bonds. The number of hydrogen-bond donors (Lipinski definition) is 2. The van der Waals surface area contributed by atoms with Gasteiger partial charge in [0.05, 0.1) is 12.1 Å². The highest BCUT2D eigenvalue weighted by atomic mass is 15.3. The van der Waals surface area contributed by atoms with E-state index in [4.69, 9.17) is 11.1 Å². The largest absolute Gasteiger partial charge is 0.387 e. The number of piperazine rings is 1. The number of nitrogens with two attached hydrogens (primary N) is 1. The minimum Gasteiger partial charge on any atom is -0.387 e. The summed E-state index contributed by atoms with van der Waals surface area (Å²) in [6.45, 7) is 3.67. The number of aliphatic imine (C=N–C) groups is 3. The summed E-state index contributed by atoms with van der Waals surface area (Å²) in [7, 11) is 3.78. The smallest absolute Gasteiger partial charge is 0.149 e. The van der Waals surface area contributed by atoms with Crippen molar-refractivity contribution in [3.8, 4) is 0 Å². The molecule has 1 fully saturated rings. The fourth-order valence-corrected chi connectivity index (χ4v) is 2.51. The molecule has 0 aromatic heterocycles. The Kier molecular flexibility index (Phi) is 6.87. The number of nitrogens with zero attached hydrogens (tertiary/aromatic N) is 5. The number of amidine groups is 3. The Hall–Kier alpha value is -2.28. The molecule has 24 heavy (non-hydrogen) atoms. The van der Waals surface area contributed by atoms with Crippen LogP contribution < -0.4 is 5.73 Å². The molecule has 2 rings (SSSR count). The van der Waals surface area contributed by atoms with Crippen LogP contribution in [0.1, 0.15) is 19.3 Å². The van der Waals surface area contributed by atoms with E-state index in [-0.39, 0.29) is 0 Å². The third-order valence-corrected chi connectivity index (χ3v) is 4.01. The first-order valence-electron chi connectivity index (χ1n) is 8.30. The second-order valence-corrected chi connectivity index (χ2v) is 5.95. The van der Waals surface area contributed by atoms with Crippen molar-refractivity contribution in [1.29, 1.82) is 5.41 Å². The summed E-state index contributed by atoms with van der Waals surface area (Å²) >= 11 is 0. The van der Waals surface area contributed by atoms with Crippen LogP contribution in [0.15, 0.2) is 38.9 Å². The van der Waals surface area contributed by atoms with Crippen LogP contribution in [0.5, 0.6) is 0 Å². The van der Waals surface area contributed by atoms with Crippen LogP contribution in [-0.2, 0) is 0 Å². The Bertz CT molecular complexity index is 590. The molecule has 0 spiro atoms. The summed E-state index contributed by atoms with van der Waals surface area (Å²) in [5, 5.41) is 8.20. The monoisotopic (exact) mass is 329 g/mol. The SMILES string of the molecule is CN=C(/C=C/C1=CCCC=N1)N=C(N)CC(=N)N1CCN(C)CC1. The molecule has 0 atom stereocenters. The van der Waals surface area contributed by atoms with Crippen LogP contribution in [0.3, 0.4) is 0 Å². The molecule has 0 aliphatic carbocycles. The molecule has 0 bridgehead atoms. The fraction of sp³-hybridized carbons (Fsp3) is 0.529. The van der Waals surface area contributed by atoms with Gasteiger partial charge in [-0.25, -0.2) is 4.99 Å². The van der Waals surface area contributed by atoms with Crippen molar-refractivity contribution >= 4 is 23.7 Å². The second kappa shape index (κ2) is 9.12. The van der Waals surface area contributed by atoms with Gasteiger partial charge < -0.3 is 15.5 Å². The topological polar surface area (TPSA) is 93.4 Å². The Morgan fingerprint density at radius 3 is 2.71 bits per heavy atom. The Labute approximate surface area is 143 Å². The van der Waals surface area contributed by atoms with Crippen LogP contribution in [0.25, 0.3) is 0 Å². The quantitative estimate of drug-likeness (QED) is 0.601. The van der Waals surface area contributed by atoms with E-state index >= 15 is 0 Å². The lowest BCUT2D eigenvalue weighted by atomic mass is 10.2. The summed E-state index contributed by atoms with van der Waals surface area (Å²) in [5.41, 5.74) is 6.92. The predicted molar refractivity (Wildman–Crippen MR) is 101 cm³/mol. The van der Waals surface area contributed by atoms with Gasteiger partial charge in [-0.3, -0.25) is 15.4 Å². The Morgan fingerprint density at radius 2 is 2.08 bits per heavy atom. The summed E-state index contributed by atoms with van der Waals surface area (Å²) in [6.07, 6.45) is 10.0. The van der Waals surface area contributed by atoms with Crippen molar-refractivity contribution in [2.24, 2.45) is 20.7 Å². The van der Waals surface area contributed by atoms with E-state index in [1.807, 2.05) is 12.3 Å². The van der Waals surface area contributed by atoms with Gasteiger partial charge >= 0.3 is 0 Å². The van der Waals surface area contributed by atoms with E-state index in [9.17, 15) is 0 Å². The van der Waals surface area contributed by atoms with Crippen molar-refractivity contribution < 1.29 is 0 Å². The molecule has 7 heteroatoms. The maximum atomic E-state index is 8.20. The van der Waals surface area contributed by atoms with Gasteiger partial charge in [0.1, 0.15) is 17.5 Å². The first-order valence-corrected chi connectivity index (χ1v) is 8.30. The zero-order valence-corrected chi connectivity index (χ0v) is 14.6. The van der Waals surface area contributed by atoms with E-state index < -0.39 is 0 Å². The highest BCUT2D eigenvalue weighted by molar-refractivity contribution is 6.08. The van der Waals surface area contributed by atoms with Crippen molar-refractivity contribution in [2.45, 2.75) is 19.3 Å². The molecule has 3 N–H and O–H groups in total. The van der Waals surface area contributed by atoms with Gasteiger partial charge in [-0.1, -0.05) is 6.08 Å². The summed E-state index contributed by atoms with van der Waals surface area (Å²) in [6, 6.07) is 0. The van der Waals surface area contributed by atoms with E-state index in [1.165, 1.54) is 0 Å². The van der Waals surface area contributed by atoms with Crippen molar-refractivity contribution in [2.75, 3.05) is 40.3 Å². The van der Waals surface area contributed by atoms with E-state index in [1.54, 1.807) is 13.1 Å². The molecule has 2 aliphatic rings. The van der Waals surface area contributed by atoms with Gasteiger partial charge in [-0.05, 0) is 32.0 Å². The van der Waals surface area contributed by atoms with E-state index in [0.29, 0.717) is 23.9 Å². The highest BCUT2D eigenvalue weighted by Crippen LogP contribution is 2.08. The molecule has 0 aromatic rings. The van der Waals surface area contributed by atoms with Crippen LogP contribution in [0, 0.1) is 5.41 Å². The zero-order chi connectivity index (χ0) is 17.4. The minimum atomic E-state index is 0.345. The number of likely N-dealkylation sites (N-methyl/N-ethyl adjacent to an activating group) is 1. The zero-order valence-electron chi connectivity index (χ0n) is 14.6.